The first-order valence-corrected chi connectivity index (χ1v) is 11.2. The zero-order valence-electron chi connectivity index (χ0n) is 15.9. The van der Waals surface area contributed by atoms with Crippen LogP contribution in [0.5, 0.6) is 0 Å². The molecular weight excluding hydrogens is 385 g/mol. The van der Waals surface area contributed by atoms with Gasteiger partial charge in [0.2, 0.25) is 11.9 Å². The van der Waals surface area contributed by atoms with Crippen molar-refractivity contribution in [1.82, 2.24) is 25.9 Å². The van der Waals surface area contributed by atoms with Crippen molar-refractivity contribution in [3.8, 4) is 11.4 Å². The van der Waals surface area contributed by atoms with Gasteiger partial charge in [0.25, 0.3) is 7.37 Å². The van der Waals surface area contributed by atoms with Gasteiger partial charge < -0.3 is 24.4 Å². The minimum absolute atomic E-state index is 0.0275. The quantitative estimate of drug-likeness (QED) is 0.415. The number of nitrogens with zero attached hydrogens (tertiary/aromatic N) is 3. The van der Waals surface area contributed by atoms with Gasteiger partial charge in [0.1, 0.15) is 0 Å². The summed E-state index contributed by atoms with van der Waals surface area (Å²) in [5.41, 5.74) is 1.88. The van der Waals surface area contributed by atoms with Crippen LogP contribution in [0.2, 0.25) is 0 Å². The fourth-order valence-corrected chi connectivity index (χ4v) is 4.83. The Kier molecular flexibility index (Phi) is 7.28. The maximum atomic E-state index is 12.7. The molecule has 154 valence electrons. The highest BCUT2D eigenvalue weighted by Crippen LogP contribution is 2.48. The Bertz CT molecular complexity index is 776. The summed E-state index contributed by atoms with van der Waals surface area (Å²) in [6.45, 7) is 4.96. The van der Waals surface area contributed by atoms with Crippen molar-refractivity contribution < 1.29 is 23.7 Å². The lowest BCUT2D eigenvalue weighted by Crippen LogP contribution is -2.43. The Labute approximate surface area is 163 Å². The van der Waals surface area contributed by atoms with Crippen molar-refractivity contribution in [1.29, 1.82) is 0 Å². The van der Waals surface area contributed by atoms with Crippen molar-refractivity contribution in [2.24, 2.45) is 0 Å². The van der Waals surface area contributed by atoms with E-state index in [2.05, 4.69) is 25.9 Å². The molecule has 1 aliphatic heterocycles. The highest BCUT2D eigenvalue weighted by molar-refractivity contribution is 7.58. The predicted octanol–water partition coefficient (Wildman–Crippen LogP) is 1.52. The maximum absolute atomic E-state index is 12.7. The fourth-order valence-electron chi connectivity index (χ4n) is 3.08. The number of ether oxygens (including phenoxy) is 3. The van der Waals surface area contributed by atoms with Gasteiger partial charge in [0.05, 0.1) is 24.9 Å². The number of hydrogen-bond donors (Lipinski definition) is 3. The second kappa shape index (κ2) is 9.69. The summed E-state index contributed by atoms with van der Waals surface area (Å²) in [6.07, 6.45) is -0.420. The largest absolute Gasteiger partial charge is 0.374 e. The normalized spacial score (nSPS) is 22.3. The van der Waals surface area contributed by atoms with Gasteiger partial charge in [0, 0.05) is 25.3 Å². The van der Waals surface area contributed by atoms with Gasteiger partial charge >= 0.3 is 0 Å². The third-order valence-electron chi connectivity index (χ3n) is 4.40. The molecule has 0 bridgehead atoms. The van der Waals surface area contributed by atoms with Crippen LogP contribution < -0.4 is 5.32 Å². The monoisotopic (exact) mass is 411 g/mol. The molecule has 2 heterocycles. The molecule has 11 heteroatoms. The number of nitrogens with one attached hydrogen (secondary N) is 2. The molecule has 1 saturated heterocycles. The Morgan fingerprint density at radius 1 is 1.36 bits per heavy atom. The van der Waals surface area contributed by atoms with E-state index in [4.69, 9.17) is 14.2 Å². The lowest BCUT2D eigenvalue weighted by molar-refractivity contribution is -0.0884. The molecule has 3 atom stereocenters. The molecule has 0 spiro atoms. The summed E-state index contributed by atoms with van der Waals surface area (Å²) in [5.74, 6) is 0.524. The highest BCUT2D eigenvalue weighted by Gasteiger charge is 2.37. The molecule has 1 aromatic carbocycles. The SMILES string of the molecule is CCOC(OCC)P(=O)(O)C[C@H]1CN[C@@H](c2cccc(-c3nn[nH]n3)c2)CO1. The molecule has 0 saturated carbocycles. The van der Waals surface area contributed by atoms with E-state index in [-0.39, 0.29) is 12.2 Å². The Balaban J connectivity index is 1.59. The first-order valence-electron chi connectivity index (χ1n) is 9.27. The molecule has 3 N–H and O–H groups in total. The number of hydrogen-bond acceptors (Lipinski definition) is 8. The van der Waals surface area contributed by atoms with Gasteiger partial charge in [-0.15, -0.1) is 10.2 Å². The van der Waals surface area contributed by atoms with Crippen molar-refractivity contribution >= 4 is 7.37 Å². The molecule has 0 amide bonds. The zero-order valence-corrected chi connectivity index (χ0v) is 16.8. The molecular formula is C17H26N5O5P. The highest BCUT2D eigenvalue weighted by atomic mass is 31.2. The molecule has 1 aromatic heterocycles. The number of rotatable bonds is 9. The lowest BCUT2D eigenvalue weighted by Gasteiger charge is -2.33. The van der Waals surface area contributed by atoms with E-state index >= 15 is 0 Å². The standard InChI is InChI=1S/C17H26N5O5P/c1-3-25-17(26-4-2)28(23,24)11-14-9-18-15(10-27-14)12-6-5-7-13(8-12)16-19-21-22-20-16/h5-8,14-15,17-18H,3-4,9-11H2,1-2H3,(H,23,24)(H,19,20,21,22)/t14-,15-/m1/s1. The smallest absolute Gasteiger partial charge is 0.257 e. The summed E-state index contributed by atoms with van der Waals surface area (Å²) in [4.78, 5) is 10.4. The predicted molar refractivity (Wildman–Crippen MR) is 102 cm³/mol. The van der Waals surface area contributed by atoms with Gasteiger partial charge in [-0.3, -0.25) is 4.57 Å². The molecule has 1 fully saturated rings. The topological polar surface area (TPSA) is 131 Å². The summed E-state index contributed by atoms with van der Waals surface area (Å²) < 4.78 is 29.1. The first-order chi connectivity index (χ1) is 13.5. The molecule has 1 unspecified atom stereocenters. The van der Waals surface area contributed by atoms with E-state index in [0.29, 0.717) is 32.2 Å². The maximum Gasteiger partial charge on any atom is 0.257 e. The first kappa shape index (κ1) is 21.0. The van der Waals surface area contributed by atoms with Gasteiger partial charge in [-0.25, -0.2) is 0 Å². The van der Waals surface area contributed by atoms with Gasteiger partial charge in [0.15, 0.2) is 0 Å². The van der Waals surface area contributed by atoms with Gasteiger partial charge in [-0.05, 0) is 30.7 Å². The molecule has 2 aromatic rings. The summed E-state index contributed by atoms with van der Waals surface area (Å²) in [7, 11) is -3.67. The third kappa shape index (κ3) is 5.22. The minimum atomic E-state index is -3.67. The van der Waals surface area contributed by atoms with Gasteiger partial charge in [-0.2, -0.15) is 5.21 Å². The van der Waals surface area contributed by atoms with Gasteiger partial charge in [-0.1, -0.05) is 18.2 Å². The molecule has 0 aliphatic carbocycles. The van der Waals surface area contributed by atoms with Crippen LogP contribution in [0.3, 0.4) is 0 Å². The molecule has 0 radical (unpaired) electrons. The average Bonchev–Trinajstić information content (AvgIpc) is 3.23. The van der Waals surface area contributed by atoms with Crippen LogP contribution in [0.1, 0.15) is 25.5 Å². The fraction of sp³-hybridized carbons (Fsp3) is 0.588. The van der Waals surface area contributed by atoms with E-state index < -0.39 is 19.5 Å². The number of aromatic nitrogens is 4. The van der Waals surface area contributed by atoms with Crippen LogP contribution in [0.15, 0.2) is 24.3 Å². The molecule has 3 rings (SSSR count). The Hall–Kier alpha value is -1.68. The zero-order chi connectivity index (χ0) is 20.0. The summed E-state index contributed by atoms with van der Waals surface area (Å²) >= 11 is 0. The van der Waals surface area contributed by atoms with Crippen LogP contribution >= 0.6 is 7.37 Å². The lowest BCUT2D eigenvalue weighted by atomic mass is 10.0. The van der Waals surface area contributed by atoms with Crippen molar-refractivity contribution in [3.63, 3.8) is 0 Å². The van der Waals surface area contributed by atoms with E-state index in [0.717, 1.165) is 11.1 Å². The Morgan fingerprint density at radius 3 is 2.75 bits per heavy atom. The Morgan fingerprint density at radius 2 is 2.14 bits per heavy atom. The van der Waals surface area contributed by atoms with Crippen LogP contribution in [0.4, 0.5) is 0 Å². The van der Waals surface area contributed by atoms with Crippen LogP contribution in [0, 0.1) is 0 Å². The number of benzene rings is 1. The minimum Gasteiger partial charge on any atom is -0.374 e. The molecule has 28 heavy (non-hydrogen) atoms. The van der Waals surface area contributed by atoms with Crippen LogP contribution in [0.25, 0.3) is 11.4 Å². The summed E-state index contributed by atoms with van der Waals surface area (Å²) in [6, 6.07) is 6.65. The molecule has 1 aliphatic rings. The van der Waals surface area contributed by atoms with E-state index in [1.54, 1.807) is 13.8 Å². The third-order valence-corrected chi connectivity index (χ3v) is 6.28. The van der Waals surface area contributed by atoms with Crippen molar-refractivity contribution in [2.75, 3.05) is 32.5 Å². The van der Waals surface area contributed by atoms with E-state index in [1.165, 1.54) is 0 Å². The number of H-pyrrole nitrogens is 1. The molecule has 10 nitrogen and oxygen atoms in total. The van der Waals surface area contributed by atoms with Crippen LogP contribution in [-0.4, -0.2) is 70.2 Å². The van der Waals surface area contributed by atoms with E-state index in [1.807, 2.05) is 24.3 Å². The average molecular weight is 411 g/mol. The number of aromatic amines is 1. The van der Waals surface area contributed by atoms with E-state index in [9.17, 15) is 9.46 Å². The number of tetrazole rings is 1. The van der Waals surface area contributed by atoms with Crippen molar-refractivity contribution in [2.45, 2.75) is 32.0 Å². The number of morpholine rings is 1. The second-order valence-electron chi connectivity index (χ2n) is 6.43. The summed E-state index contributed by atoms with van der Waals surface area (Å²) in [5, 5.41) is 17.4. The second-order valence-corrected chi connectivity index (χ2v) is 8.73. The van der Waals surface area contributed by atoms with Crippen molar-refractivity contribution in [3.05, 3.63) is 29.8 Å². The van der Waals surface area contributed by atoms with Crippen LogP contribution in [-0.2, 0) is 18.8 Å².